The van der Waals surface area contributed by atoms with Crippen LogP contribution < -0.4 is 5.32 Å². The Morgan fingerprint density at radius 3 is 2.90 bits per heavy atom. The van der Waals surface area contributed by atoms with Crippen molar-refractivity contribution in [1.29, 1.82) is 0 Å². The van der Waals surface area contributed by atoms with Crippen LogP contribution in [0.3, 0.4) is 0 Å². The molecule has 1 heterocycles. The third-order valence-electron chi connectivity index (χ3n) is 3.25. The molecule has 4 heteroatoms. The van der Waals surface area contributed by atoms with E-state index in [1.807, 2.05) is 18.3 Å². The van der Waals surface area contributed by atoms with Crippen LogP contribution in [0, 0.1) is 6.92 Å². The molecule has 1 aromatic carbocycles. The fourth-order valence-corrected chi connectivity index (χ4v) is 3.34. The summed E-state index contributed by atoms with van der Waals surface area (Å²) in [6.45, 7) is 6.27. The molecule has 1 aromatic heterocycles. The van der Waals surface area contributed by atoms with Crippen molar-refractivity contribution in [1.82, 2.24) is 10.3 Å². The van der Waals surface area contributed by atoms with Crippen molar-refractivity contribution in [2.45, 2.75) is 32.6 Å². The fraction of sp³-hybridized carbons (Fsp3) is 0.438. The van der Waals surface area contributed by atoms with Gasteiger partial charge in [0.2, 0.25) is 0 Å². The Morgan fingerprint density at radius 2 is 2.25 bits per heavy atom. The van der Waals surface area contributed by atoms with Crippen molar-refractivity contribution in [2.75, 3.05) is 13.1 Å². The minimum atomic E-state index is 0.445. The highest BCUT2D eigenvalue weighted by Gasteiger charge is 2.14. The van der Waals surface area contributed by atoms with Crippen LogP contribution in [0.1, 0.15) is 34.7 Å². The molecule has 1 atom stereocenters. The molecule has 0 saturated heterocycles. The Kier molecular flexibility index (Phi) is 6.02. The van der Waals surface area contributed by atoms with Gasteiger partial charge in [0.05, 0.1) is 5.01 Å². The van der Waals surface area contributed by atoms with Gasteiger partial charge in [-0.3, -0.25) is 0 Å². The minimum absolute atomic E-state index is 0.445. The lowest BCUT2D eigenvalue weighted by Gasteiger charge is -2.17. The zero-order chi connectivity index (χ0) is 14.4. The van der Waals surface area contributed by atoms with E-state index in [-0.39, 0.29) is 0 Å². The lowest BCUT2D eigenvalue weighted by molar-refractivity contribution is 0.579. The molecule has 0 saturated carbocycles. The Labute approximate surface area is 130 Å². The van der Waals surface area contributed by atoms with Crippen LogP contribution in [0.4, 0.5) is 0 Å². The zero-order valence-corrected chi connectivity index (χ0v) is 13.6. The fourth-order valence-electron chi connectivity index (χ4n) is 2.26. The topological polar surface area (TPSA) is 24.9 Å². The number of nitrogens with one attached hydrogen (secondary N) is 1. The second kappa shape index (κ2) is 7.77. The van der Waals surface area contributed by atoms with Crippen LogP contribution in [0.15, 0.2) is 30.5 Å². The van der Waals surface area contributed by atoms with Gasteiger partial charge in [0.25, 0.3) is 0 Å². The molecule has 0 bridgehead atoms. The number of rotatable bonds is 7. The highest BCUT2D eigenvalue weighted by Crippen LogP contribution is 2.25. The summed E-state index contributed by atoms with van der Waals surface area (Å²) in [5.74, 6) is 0.445. The molecule has 2 aromatic rings. The standard InChI is InChI=1S/C16H21ClN2S/c1-3-7-18-10-14(9-16-11-19-12(2)20-16)13-5-4-6-15(17)8-13/h4-6,8,11,14,18H,3,7,9-10H2,1-2H3. The highest BCUT2D eigenvalue weighted by molar-refractivity contribution is 7.11. The average Bonchev–Trinajstić information content (AvgIpc) is 2.83. The minimum Gasteiger partial charge on any atom is -0.316 e. The van der Waals surface area contributed by atoms with Gasteiger partial charge < -0.3 is 5.32 Å². The molecular weight excluding hydrogens is 288 g/mol. The van der Waals surface area contributed by atoms with E-state index in [1.165, 1.54) is 10.4 Å². The van der Waals surface area contributed by atoms with Crippen molar-refractivity contribution in [3.8, 4) is 0 Å². The zero-order valence-electron chi connectivity index (χ0n) is 12.0. The van der Waals surface area contributed by atoms with Gasteiger partial charge in [0, 0.05) is 28.6 Å². The predicted octanol–water partition coefficient (Wildman–Crippen LogP) is 4.43. The summed E-state index contributed by atoms with van der Waals surface area (Å²) in [4.78, 5) is 5.69. The molecule has 0 aliphatic heterocycles. The number of hydrogen-bond donors (Lipinski definition) is 1. The van der Waals surface area contributed by atoms with Crippen LogP contribution in [-0.2, 0) is 6.42 Å². The molecule has 0 radical (unpaired) electrons. The lowest BCUT2D eigenvalue weighted by Crippen LogP contribution is -2.23. The molecule has 0 fully saturated rings. The van der Waals surface area contributed by atoms with Crippen LogP contribution in [0.25, 0.3) is 0 Å². The SMILES string of the molecule is CCCNCC(Cc1cnc(C)s1)c1cccc(Cl)c1. The maximum atomic E-state index is 6.13. The van der Waals surface area contributed by atoms with Crippen molar-refractivity contribution in [3.63, 3.8) is 0 Å². The van der Waals surface area contributed by atoms with Gasteiger partial charge in [-0.15, -0.1) is 11.3 Å². The van der Waals surface area contributed by atoms with E-state index >= 15 is 0 Å². The van der Waals surface area contributed by atoms with Crippen molar-refractivity contribution >= 4 is 22.9 Å². The summed E-state index contributed by atoms with van der Waals surface area (Å²) >= 11 is 7.91. The van der Waals surface area contributed by atoms with Gasteiger partial charge in [-0.05, 0) is 44.0 Å². The molecule has 108 valence electrons. The van der Waals surface area contributed by atoms with Crippen LogP contribution in [0.2, 0.25) is 5.02 Å². The Morgan fingerprint density at radius 1 is 1.40 bits per heavy atom. The Bertz CT molecular complexity index is 539. The van der Waals surface area contributed by atoms with Crippen LogP contribution in [-0.4, -0.2) is 18.1 Å². The first-order valence-corrected chi connectivity index (χ1v) is 8.26. The first-order valence-electron chi connectivity index (χ1n) is 7.06. The monoisotopic (exact) mass is 308 g/mol. The van der Waals surface area contributed by atoms with E-state index in [2.05, 4.69) is 36.3 Å². The maximum Gasteiger partial charge on any atom is 0.0896 e. The van der Waals surface area contributed by atoms with E-state index < -0.39 is 0 Å². The molecule has 0 aliphatic carbocycles. The first kappa shape index (κ1) is 15.5. The molecule has 0 spiro atoms. The predicted molar refractivity (Wildman–Crippen MR) is 87.9 cm³/mol. The van der Waals surface area contributed by atoms with Crippen molar-refractivity contribution in [2.24, 2.45) is 0 Å². The third kappa shape index (κ3) is 4.58. The van der Waals surface area contributed by atoms with E-state index in [4.69, 9.17) is 11.6 Å². The number of benzene rings is 1. The molecular formula is C16H21ClN2S. The maximum absolute atomic E-state index is 6.13. The molecule has 2 nitrogen and oxygen atoms in total. The van der Waals surface area contributed by atoms with E-state index in [0.29, 0.717) is 5.92 Å². The smallest absolute Gasteiger partial charge is 0.0896 e. The number of hydrogen-bond acceptors (Lipinski definition) is 3. The summed E-state index contributed by atoms with van der Waals surface area (Å²) in [6, 6.07) is 8.20. The summed E-state index contributed by atoms with van der Waals surface area (Å²) in [6.07, 6.45) is 4.17. The lowest BCUT2D eigenvalue weighted by atomic mass is 9.95. The van der Waals surface area contributed by atoms with Gasteiger partial charge in [-0.25, -0.2) is 4.98 Å². The number of thiazole rings is 1. The quantitative estimate of drug-likeness (QED) is 0.765. The number of aryl methyl sites for hydroxylation is 1. The molecule has 20 heavy (non-hydrogen) atoms. The second-order valence-corrected chi connectivity index (χ2v) is 6.76. The van der Waals surface area contributed by atoms with Gasteiger partial charge in [-0.2, -0.15) is 0 Å². The van der Waals surface area contributed by atoms with Crippen molar-refractivity contribution < 1.29 is 0 Å². The van der Waals surface area contributed by atoms with Gasteiger partial charge in [0.1, 0.15) is 0 Å². The number of halogens is 1. The molecule has 1 unspecified atom stereocenters. The molecule has 0 aliphatic rings. The molecule has 1 N–H and O–H groups in total. The normalized spacial score (nSPS) is 12.6. The first-order chi connectivity index (χ1) is 9.69. The summed E-state index contributed by atoms with van der Waals surface area (Å²) in [5.41, 5.74) is 1.30. The van der Waals surface area contributed by atoms with Gasteiger partial charge in [-0.1, -0.05) is 30.7 Å². The Balaban J connectivity index is 2.11. The third-order valence-corrected chi connectivity index (χ3v) is 4.42. The van der Waals surface area contributed by atoms with Gasteiger partial charge in [0.15, 0.2) is 0 Å². The number of aromatic nitrogens is 1. The highest BCUT2D eigenvalue weighted by atomic mass is 35.5. The van der Waals surface area contributed by atoms with Crippen LogP contribution >= 0.6 is 22.9 Å². The number of nitrogens with zero attached hydrogens (tertiary/aromatic N) is 1. The van der Waals surface area contributed by atoms with E-state index in [9.17, 15) is 0 Å². The van der Waals surface area contributed by atoms with Crippen LogP contribution in [0.5, 0.6) is 0 Å². The summed E-state index contributed by atoms with van der Waals surface area (Å²) in [7, 11) is 0. The average molecular weight is 309 g/mol. The molecule has 0 amide bonds. The van der Waals surface area contributed by atoms with Crippen molar-refractivity contribution in [3.05, 3.63) is 50.9 Å². The van der Waals surface area contributed by atoms with E-state index in [1.54, 1.807) is 11.3 Å². The largest absolute Gasteiger partial charge is 0.316 e. The van der Waals surface area contributed by atoms with Gasteiger partial charge >= 0.3 is 0 Å². The van der Waals surface area contributed by atoms with E-state index in [0.717, 1.165) is 36.0 Å². The Hall–Kier alpha value is -0.900. The summed E-state index contributed by atoms with van der Waals surface area (Å²) in [5, 5.41) is 5.46. The molecule has 2 rings (SSSR count). The summed E-state index contributed by atoms with van der Waals surface area (Å²) < 4.78 is 0. The second-order valence-electron chi connectivity index (χ2n) is 5.01.